The maximum atomic E-state index is 13.7. The van der Waals surface area contributed by atoms with E-state index >= 15 is 0 Å². The summed E-state index contributed by atoms with van der Waals surface area (Å²) in [5.74, 6) is -0.955. The number of nitriles is 1. The van der Waals surface area contributed by atoms with Gasteiger partial charge in [0.05, 0.1) is 34.0 Å². The van der Waals surface area contributed by atoms with Gasteiger partial charge >= 0.3 is 0 Å². The van der Waals surface area contributed by atoms with Crippen LogP contribution in [0.3, 0.4) is 0 Å². The van der Waals surface area contributed by atoms with Gasteiger partial charge in [0.1, 0.15) is 11.6 Å². The van der Waals surface area contributed by atoms with Crippen LogP contribution < -0.4 is 10.6 Å². The zero-order valence-electron chi connectivity index (χ0n) is 26.8. The van der Waals surface area contributed by atoms with Crippen molar-refractivity contribution in [3.05, 3.63) is 119 Å². The number of imide groups is 1. The molecule has 2 aliphatic heterocycles. The number of fused-ring (bicyclic) bond motifs is 1. The number of pyridine rings is 1. The van der Waals surface area contributed by atoms with Crippen LogP contribution in [0.25, 0.3) is 11.3 Å². The van der Waals surface area contributed by atoms with Crippen molar-refractivity contribution in [2.24, 2.45) is 0 Å². The van der Waals surface area contributed by atoms with Crippen LogP contribution in [0.5, 0.6) is 0 Å². The summed E-state index contributed by atoms with van der Waals surface area (Å²) in [6.45, 7) is 1.34. The molecule has 3 heterocycles. The number of likely N-dealkylation sites (tertiary alicyclic amines) is 1. The monoisotopic (exact) mass is 658 g/mol. The van der Waals surface area contributed by atoms with Gasteiger partial charge in [0, 0.05) is 44.2 Å². The van der Waals surface area contributed by atoms with Crippen molar-refractivity contribution in [3.63, 3.8) is 0 Å². The van der Waals surface area contributed by atoms with E-state index in [1.165, 1.54) is 17.0 Å². The minimum absolute atomic E-state index is 0.00172. The summed E-state index contributed by atoms with van der Waals surface area (Å²) >= 11 is 0. The lowest BCUT2D eigenvalue weighted by molar-refractivity contribution is -0.129. The first-order valence-corrected chi connectivity index (χ1v) is 16.4. The van der Waals surface area contributed by atoms with E-state index in [9.17, 15) is 28.8 Å². The Hall–Kier alpha value is -5.89. The highest BCUT2D eigenvalue weighted by molar-refractivity contribution is 6.21. The number of carbonyl (C=O) groups is 4. The SMILES string of the molecule is N#Cc1ccccc1-c1ccc(C(=O)NC[C@H]2CCC(=O)N2CCCCN2C(=O)c3ccccc3C2=O)c(NCCc2cccc(F)c2)n1. The van der Waals surface area contributed by atoms with Crippen molar-refractivity contribution >= 4 is 29.4 Å². The lowest BCUT2D eigenvalue weighted by atomic mass is 10.0. The fourth-order valence-corrected chi connectivity index (χ4v) is 6.36. The molecule has 3 aromatic carbocycles. The summed E-state index contributed by atoms with van der Waals surface area (Å²) in [7, 11) is 0. The van der Waals surface area contributed by atoms with Crippen molar-refractivity contribution in [1.82, 2.24) is 20.1 Å². The molecule has 0 aliphatic carbocycles. The Morgan fingerprint density at radius 3 is 2.35 bits per heavy atom. The summed E-state index contributed by atoms with van der Waals surface area (Å²) in [4.78, 5) is 59.4. The number of halogens is 1. The lowest BCUT2D eigenvalue weighted by Crippen LogP contribution is -2.42. The fraction of sp³-hybridized carbons (Fsp3) is 0.263. The predicted octanol–water partition coefficient (Wildman–Crippen LogP) is 5.21. The zero-order valence-corrected chi connectivity index (χ0v) is 26.8. The summed E-state index contributed by atoms with van der Waals surface area (Å²) in [5.41, 5.74) is 3.53. The standard InChI is InChI=1S/C38H35FN6O4/c39-27-10-7-8-25(22-27)18-19-41-35-32(15-16-33(43-35)29-11-2-1-9-26(29)23-40)36(47)42-24-28-14-17-34(46)44(28)20-5-6-21-45-37(48)30-12-3-4-13-31(30)38(45)49/h1-4,7-13,15-16,22,28H,5-6,14,17-21,24H2,(H,41,43)(H,42,47)/t28-/m1/s1. The molecular formula is C38H35FN6O4. The zero-order chi connectivity index (χ0) is 34.3. The second-order valence-corrected chi connectivity index (χ2v) is 12.1. The van der Waals surface area contributed by atoms with Gasteiger partial charge in [-0.25, -0.2) is 9.37 Å². The minimum atomic E-state index is -0.370. The van der Waals surface area contributed by atoms with Gasteiger partial charge in [-0.1, -0.05) is 42.5 Å². The van der Waals surface area contributed by atoms with Crippen LogP contribution in [-0.2, 0) is 11.2 Å². The molecule has 1 atom stereocenters. The lowest BCUT2D eigenvalue weighted by Gasteiger charge is -2.25. The van der Waals surface area contributed by atoms with Crippen molar-refractivity contribution in [3.8, 4) is 17.3 Å². The molecule has 0 unspecified atom stereocenters. The summed E-state index contributed by atoms with van der Waals surface area (Å²) in [5, 5.41) is 15.8. The quantitative estimate of drug-likeness (QED) is 0.149. The number of rotatable bonds is 13. The van der Waals surface area contributed by atoms with Gasteiger partial charge in [-0.2, -0.15) is 5.26 Å². The third-order valence-corrected chi connectivity index (χ3v) is 8.92. The van der Waals surface area contributed by atoms with Crippen molar-refractivity contribution < 1.29 is 23.6 Å². The molecule has 0 bridgehead atoms. The van der Waals surface area contributed by atoms with Gasteiger partial charge in [-0.05, 0) is 73.7 Å². The molecule has 2 aliphatic rings. The fourth-order valence-electron chi connectivity index (χ4n) is 6.36. The highest BCUT2D eigenvalue weighted by atomic mass is 19.1. The number of unbranched alkanes of at least 4 members (excludes halogenated alkanes) is 1. The Bertz CT molecular complexity index is 1920. The highest BCUT2D eigenvalue weighted by Crippen LogP contribution is 2.26. The predicted molar refractivity (Wildman–Crippen MR) is 181 cm³/mol. The maximum absolute atomic E-state index is 13.7. The molecule has 11 heteroatoms. The number of hydrogen-bond donors (Lipinski definition) is 2. The molecule has 248 valence electrons. The summed E-state index contributed by atoms with van der Waals surface area (Å²) in [6.07, 6.45) is 2.61. The number of anilines is 1. The number of aromatic nitrogens is 1. The number of nitrogens with zero attached hydrogens (tertiary/aromatic N) is 4. The first-order valence-electron chi connectivity index (χ1n) is 16.4. The minimum Gasteiger partial charge on any atom is -0.369 e. The molecule has 1 fully saturated rings. The number of benzene rings is 3. The number of carbonyl (C=O) groups excluding carboxylic acids is 4. The largest absolute Gasteiger partial charge is 0.369 e. The maximum Gasteiger partial charge on any atom is 0.261 e. The molecule has 4 amide bonds. The summed E-state index contributed by atoms with van der Waals surface area (Å²) in [6, 6.07) is 25.5. The van der Waals surface area contributed by atoms with Crippen molar-refractivity contribution in [2.45, 2.75) is 38.1 Å². The van der Waals surface area contributed by atoms with Crippen LogP contribution in [-0.4, -0.2) is 70.6 Å². The molecule has 10 nitrogen and oxygen atoms in total. The van der Waals surface area contributed by atoms with Gasteiger partial charge in [-0.15, -0.1) is 0 Å². The normalized spacial score (nSPS) is 15.3. The molecular weight excluding hydrogens is 623 g/mol. The third-order valence-electron chi connectivity index (χ3n) is 8.92. The average molecular weight is 659 g/mol. The van der Waals surface area contributed by atoms with E-state index in [-0.39, 0.29) is 48.6 Å². The van der Waals surface area contributed by atoms with Crippen LogP contribution in [0.1, 0.15) is 67.9 Å². The average Bonchev–Trinajstić information content (AvgIpc) is 3.59. The van der Waals surface area contributed by atoms with Gasteiger partial charge < -0.3 is 15.5 Å². The van der Waals surface area contributed by atoms with E-state index in [2.05, 4.69) is 16.7 Å². The van der Waals surface area contributed by atoms with E-state index in [4.69, 9.17) is 4.98 Å². The molecule has 1 aromatic heterocycles. The molecule has 0 spiro atoms. The van der Waals surface area contributed by atoms with Crippen LogP contribution in [0, 0.1) is 17.1 Å². The van der Waals surface area contributed by atoms with Crippen LogP contribution >= 0.6 is 0 Å². The molecule has 0 radical (unpaired) electrons. The van der Waals surface area contributed by atoms with E-state index in [1.807, 2.05) is 12.1 Å². The molecule has 1 saturated heterocycles. The second kappa shape index (κ2) is 14.9. The van der Waals surface area contributed by atoms with Gasteiger partial charge in [0.25, 0.3) is 17.7 Å². The first kappa shape index (κ1) is 33.0. The number of nitrogens with one attached hydrogen (secondary N) is 2. The third kappa shape index (κ3) is 7.33. The van der Waals surface area contributed by atoms with Crippen LogP contribution in [0.15, 0.2) is 84.9 Å². The van der Waals surface area contributed by atoms with Crippen molar-refractivity contribution in [2.75, 3.05) is 31.5 Å². The van der Waals surface area contributed by atoms with E-state index in [0.29, 0.717) is 84.5 Å². The molecule has 49 heavy (non-hydrogen) atoms. The topological polar surface area (TPSA) is 136 Å². The Balaban J connectivity index is 1.08. The summed E-state index contributed by atoms with van der Waals surface area (Å²) < 4.78 is 13.7. The molecule has 4 aromatic rings. The van der Waals surface area contributed by atoms with E-state index in [1.54, 1.807) is 65.6 Å². The van der Waals surface area contributed by atoms with E-state index < -0.39 is 0 Å². The van der Waals surface area contributed by atoms with Gasteiger partial charge in [0.2, 0.25) is 5.91 Å². The Kier molecular flexibility index (Phi) is 10.0. The van der Waals surface area contributed by atoms with Crippen LogP contribution in [0.2, 0.25) is 0 Å². The smallest absolute Gasteiger partial charge is 0.261 e. The second-order valence-electron chi connectivity index (χ2n) is 12.1. The Morgan fingerprint density at radius 1 is 0.898 bits per heavy atom. The highest BCUT2D eigenvalue weighted by Gasteiger charge is 2.35. The van der Waals surface area contributed by atoms with Crippen LogP contribution in [0.4, 0.5) is 10.2 Å². The first-order chi connectivity index (χ1) is 23.8. The Labute approximate surface area is 283 Å². The molecule has 0 saturated carbocycles. The van der Waals surface area contributed by atoms with Gasteiger partial charge in [0.15, 0.2) is 0 Å². The Morgan fingerprint density at radius 2 is 1.61 bits per heavy atom. The number of hydrogen-bond acceptors (Lipinski definition) is 7. The van der Waals surface area contributed by atoms with Crippen molar-refractivity contribution in [1.29, 1.82) is 5.26 Å². The molecule has 2 N–H and O–H groups in total. The van der Waals surface area contributed by atoms with Gasteiger partial charge in [-0.3, -0.25) is 24.1 Å². The number of amides is 4. The molecule has 6 rings (SSSR count). The van der Waals surface area contributed by atoms with E-state index in [0.717, 1.165) is 5.56 Å².